The molecule has 2 aliphatic heterocycles. The van der Waals surface area contributed by atoms with Crippen molar-refractivity contribution in [3.8, 4) is 11.4 Å². The molecule has 4 heterocycles. The third kappa shape index (κ3) is 40.4. The number of benzene rings is 2. The summed E-state index contributed by atoms with van der Waals surface area (Å²) in [6, 6.07) is 11.1. The minimum Gasteiger partial charge on any atom is -0.793 e. The fourth-order valence-corrected chi connectivity index (χ4v) is 14.7. The van der Waals surface area contributed by atoms with Crippen molar-refractivity contribution >= 4 is 66.5 Å². The van der Waals surface area contributed by atoms with Crippen LogP contribution in [0.5, 0.6) is 0 Å². The fraction of sp³-hybridized carbons (Fsp3) is 0.698. The second-order valence-corrected chi connectivity index (χ2v) is 34.5. The van der Waals surface area contributed by atoms with Gasteiger partial charge in [-0.3, -0.25) is 28.8 Å². The Morgan fingerprint density at radius 1 is 0.447 bits per heavy atom. The van der Waals surface area contributed by atoms with Gasteiger partial charge in [0.05, 0.1) is 162 Å². The number of ketones is 3. The molecule has 2 aromatic heterocycles. The Kier molecular flexibility index (Phi) is 50.1. The second kappa shape index (κ2) is 55.8. The summed E-state index contributed by atoms with van der Waals surface area (Å²) in [6.07, 6.45) is 8.41. The molecule has 2 aromatic carbocycles. The molecule has 4 aromatic rings. The summed E-state index contributed by atoms with van der Waals surface area (Å²) >= 11 is 0. The number of carbonyl (C=O) groups is 8. The number of hydroxylamine groups is 4. The molecule has 123 heavy (non-hydrogen) atoms. The van der Waals surface area contributed by atoms with Gasteiger partial charge in [-0.15, -0.1) is 0 Å². The van der Waals surface area contributed by atoms with Crippen molar-refractivity contribution in [1.29, 1.82) is 0 Å². The van der Waals surface area contributed by atoms with E-state index in [4.69, 9.17) is 69.7 Å². The first-order valence-electron chi connectivity index (χ1n) is 42.0. The van der Waals surface area contributed by atoms with E-state index in [-0.39, 0.29) is 68.8 Å². The predicted molar refractivity (Wildman–Crippen MR) is 459 cm³/mol. The van der Waals surface area contributed by atoms with Gasteiger partial charge >= 0.3 is 41.5 Å². The molecule has 11 N–H and O–H groups in total. The van der Waals surface area contributed by atoms with E-state index in [0.29, 0.717) is 217 Å². The number of aryl methyl sites for hydroxylation is 2. The minimum atomic E-state index is -0.639. The standard InChI is InChI=1S/C40H66N6O8.C31H49N5O7.C9H17NO2.C4H6O4.C2H3BO2.Na/c1-29-36-34(27-38(2,3)28-35(36)47)45(44-29)31-10-11-32(37(41)48)33(24-31)43-13-9-15-51-17-19-53-21-23-54-22-20-52-18-16-50-14-8-12-42-30-25-39(4,5)46(49)40(6,7)26-30;1-23-29-27(21-31(2,3)22-28(29)37)36(35-23)24-6-7-25(30(33)38)26(20-24)34-9-5-11-40-13-15-42-17-19-43-18-16-41-14-12-39-10-4-8-32;1-8(2)5-7(11)6-9(3,4)10(8)12;1-3(5)7-8-4(2)6;1-2(4)5-3;/h10-11,24,30,42-43,49H,8-9,12-23,25-28H2,1-7H3,(H2,41,48);6-7,20,34H,4-5,8-19,21-22,32H2,1-3H3,(H2,33,38);12H,5-6H2,1-4H3;1-2H3;1H3;/q;;;;-1;+1. The molecular formula is C86H141BN12NaO23. The Hall–Kier alpha value is -6.76. The fourth-order valence-electron chi connectivity index (χ4n) is 14.7. The summed E-state index contributed by atoms with van der Waals surface area (Å²) in [7, 11) is 4.32. The number of Topliss-reactive ketones (excluding diaryl/α,β-unsaturated/α-hetero) is 3. The van der Waals surface area contributed by atoms with Crippen LogP contribution in [-0.2, 0) is 93.8 Å². The number of hydrogen-bond donors (Lipinski definition) is 8. The Morgan fingerprint density at radius 3 is 1.03 bits per heavy atom. The number of rotatable bonds is 46. The van der Waals surface area contributed by atoms with Crippen molar-refractivity contribution in [3.05, 3.63) is 81.4 Å². The Balaban J connectivity index is 0.000000497. The topological polar surface area (TPSA) is 453 Å². The maximum Gasteiger partial charge on any atom is 1.00 e. The molecule has 0 saturated carbocycles. The first-order valence-corrected chi connectivity index (χ1v) is 42.0. The number of nitrogens with one attached hydrogen (secondary N) is 3. The number of nitrogens with zero attached hydrogens (tertiary/aromatic N) is 6. The molecular weight excluding hydrogens is 1600 g/mol. The first-order chi connectivity index (χ1) is 57.5. The van der Waals surface area contributed by atoms with Crippen LogP contribution in [0.1, 0.15) is 232 Å². The van der Waals surface area contributed by atoms with E-state index in [2.05, 4.69) is 98.9 Å². The zero-order chi connectivity index (χ0) is 90.9. The van der Waals surface area contributed by atoms with Crippen molar-refractivity contribution in [2.45, 2.75) is 223 Å². The van der Waals surface area contributed by atoms with Crippen LogP contribution in [0.2, 0.25) is 0 Å². The van der Waals surface area contributed by atoms with E-state index in [1.807, 2.05) is 75.2 Å². The number of hydrogen-bond acceptors (Lipinski definition) is 31. The average molecular weight is 1740 g/mol. The predicted octanol–water partition coefficient (Wildman–Crippen LogP) is 5.64. The van der Waals surface area contributed by atoms with E-state index in [9.17, 15) is 48.8 Å². The van der Waals surface area contributed by atoms with Gasteiger partial charge in [0, 0.05) is 126 Å². The van der Waals surface area contributed by atoms with Crippen molar-refractivity contribution in [3.63, 3.8) is 0 Å². The van der Waals surface area contributed by atoms with Gasteiger partial charge in [-0.25, -0.2) is 28.7 Å². The Labute approximate surface area is 750 Å². The number of carbonyl (C=O) groups excluding carboxylic acids is 8. The van der Waals surface area contributed by atoms with Crippen molar-refractivity contribution in [2.24, 2.45) is 28.0 Å². The van der Waals surface area contributed by atoms with Crippen LogP contribution in [0.25, 0.3) is 11.4 Å². The minimum absolute atomic E-state index is 0. The molecule has 2 saturated heterocycles. The third-order valence-electron chi connectivity index (χ3n) is 19.9. The molecule has 2 fully saturated rings. The molecule has 3 radical (unpaired) electrons. The van der Waals surface area contributed by atoms with Crippen LogP contribution in [0, 0.1) is 24.7 Å². The van der Waals surface area contributed by atoms with Crippen LogP contribution < -0.4 is 62.7 Å². The van der Waals surface area contributed by atoms with E-state index in [1.54, 1.807) is 12.1 Å². The molecule has 687 valence electrons. The summed E-state index contributed by atoms with van der Waals surface area (Å²) in [5.41, 5.74) is 23.3. The quantitative estimate of drug-likeness (QED) is 0.0115. The zero-order valence-corrected chi connectivity index (χ0v) is 78.5. The summed E-state index contributed by atoms with van der Waals surface area (Å²) < 4.78 is 62.9. The number of aromatic nitrogens is 4. The molecule has 35 nitrogen and oxygen atoms in total. The van der Waals surface area contributed by atoms with Gasteiger partial charge < -0.3 is 104 Å². The summed E-state index contributed by atoms with van der Waals surface area (Å²) in [5.74, 6) is -2.30. The van der Waals surface area contributed by atoms with Gasteiger partial charge in [0.15, 0.2) is 11.6 Å². The molecule has 37 heteroatoms. The molecule has 4 aliphatic rings. The average Bonchev–Trinajstić information content (AvgIpc) is 1.66. The van der Waals surface area contributed by atoms with Gasteiger partial charge in [-0.1, -0.05) is 27.7 Å². The van der Waals surface area contributed by atoms with E-state index in [0.717, 1.165) is 106 Å². The number of fused-ring (bicyclic) bond motifs is 2. The van der Waals surface area contributed by atoms with Gasteiger partial charge in [0.25, 0.3) is 11.8 Å². The van der Waals surface area contributed by atoms with Gasteiger partial charge in [0.2, 0.25) is 5.97 Å². The zero-order valence-electron chi connectivity index (χ0n) is 76.5. The number of ether oxygens (including phenoxy) is 10. The summed E-state index contributed by atoms with van der Waals surface area (Å²) in [5, 5.41) is 42.7. The monoisotopic (exact) mass is 1740 g/mol. The summed E-state index contributed by atoms with van der Waals surface area (Å²) in [4.78, 5) is 98.0. The van der Waals surface area contributed by atoms with Crippen LogP contribution >= 0.6 is 0 Å². The normalized spacial score (nSPS) is 16.5. The SMILES string of the molecule is CC(=O)OOC(C)=O.CC1(C)CC(=O)CC(C)(C)N1O.Cc1nn(-c2ccc(C(N)=O)c(NCCCOCCOCCOCCOCCOCCCN)c2)c2c1C(=O)CC(C)(C)C2.Cc1nn(-c2ccc(C(N)=O)c(NCCCOCCOCCOCCOCCOCCCNC3CC(C)(C)N(O)C(C)(C)C3)c2)c2c1C(=O)CC(C)(C)C2.[B-]OC(C)=O.[Na+]. The Bertz CT molecular complexity index is 3860. The van der Waals surface area contributed by atoms with Crippen molar-refractivity contribution in [1.82, 2.24) is 35.0 Å². The molecule has 0 unspecified atom stereocenters. The maximum atomic E-state index is 12.9. The van der Waals surface area contributed by atoms with Gasteiger partial charge in [0.1, 0.15) is 5.78 Å². The van der Waals surface area contributed by atoms with Gasteiger partial charge in [-0.2, -0.15) is 20.3 Å². The molecule has 2 aliphatic carbocycles. The number of primary amides is 2. The second-order valence-electron chi connectivity index (χ2n) is 34.5. The molecule has 0 atom stereocenters. The summed E-state index contributed by atoms with van der Waals surface area (Å²) in [6.45, 7) is 44.7. The molecule has 2 amide bonds. The van der Waals surface area contributed by atoms with Crippen molar-refractivity contribution < 1.29 is 140 Å². The largest absolute Gasteiger partial charge is 1.00 e. The van der Waals surface area contributed by atoms with E-state index in [1.165, 1.54) is 17.1 Å². The molecule has 0 bridgehead atoms. The number of amides is 2. The van der Waals surface area contributed by atoms with Gasteiger partial charge in [-0.05, 0) is 181 Å². The third-order valence-corrected chi connectivity index (χ3v) is 19.9. The number of piperidine rings is 2. The smallest absolute Gasteiger partial charge is 0.793 e. The van der Waals surface area contributed by atoms with E-state index >= 15 is 0 Å². The maximum absolute atomic E-state index is 12.9. The Morgan fingerprint density at radius 2 is 0.740 bits per heavy atom. The molecule has 8 rings (SSSR count). The van der Waals surface area contributed by atoms with Crippen LogP contribution in [0.3, 0.4) is 0 Å². The van der Waals surface area contributed by atoms with Crippen LogP contribution in [0.15, 0.2) is 36.4 Å². The first kappa shape index (κ1) is 110. The number of anilines is 2. The number of nitrogens with two attached hydrogens (primary N) is 3. The van der Waals surface area contributed by atoms with Crippen molar-refractivity contribution in [2.75, 3.05) is 169 Å². The van der Waals surface area contributed by atoms with Crippen LogP contribution in [0.4, 0.5) is 11.4 Å². The molecule has 0 spiro atoms. The van der Waals surface area contributed by atoms with E-state index < -0.39 is 40.8 Å². The van der Waals surface area contributed by atoms with Crippen LogP contribution in [-0.4, -0.2) is 282 Å².